The Morgan fingerprint density at radius 1 is 1.18 bits per heavy atom. The van der Waals surface area contributed by atoms with Gasteiger partial charge in [-0.3, -0.25) is 9.69 Å². The van der Waals surface area contributed by atoms with Gasteiger partial charge in [-0.05, 0) is 69.2 Å². The molecule has 3 amide bonds. The van der Waals surface area contributed by atoms with Crippen LogP contribution in [0.2, 0.25) is 0 Å². The van der Waals surface area contributed by atoms with Crippen LogP contribution in [0.25, 0.3) is 0 Å². The number of rotatable bonds is 8. The summed E-state index contributed by atoms with van der Waals surface area (Å²) in [6.45, 7) is 7.92. The highest BCUT2D eigenvalue weighted by molar-refractivity contribution is 9.10. The van der Waals surface area contributed by atoms with Crippen molar-refractivity contribution in [2.24, 2.45) is 0 Å². The average Bonchev–Trinajstić information content (AvgIpc) is 2.78. The molecule has 1 heterocycles. The Bertz CT molecular complexity index is 1100. The number of nitrogens with zero attached hydrogens (tertiary/aromatic N) is 1. The van der Waals surface area contributed by atoms with Crippen molar-refractivity contribution in [3.05, 3.63) is 75.4 Å². The number of allylic oxidation sites excluding steroid dienone is 1. The Labute approximate surface area is 208 Å². The number of urea groups is 1. The Morgan fingerprint density at radius 3 is 2.53 bits per heavy atom. The summed E-state index contributed by atoms with van der Waals surface area (Å²) >= 11 is 3.36. The number of hydrogen-bond donors (Lipinski definition) is 2. The van der Waals surface area contributed by atoms with Crippen molar-refractivity contribution < 1.29 is 19.1 Å². The molecule has 8 heteroatoms. The molecule has 2 aromatic rings. The van der Waals surface area contributed by atoms with Gasteiger partial charge in [0.1, 0.15) is 0 Å². The molecule has 3 rings (SSSR count). The molecule has 2 aromatic carbocycles. The smallest absolute Gasteiger partial charge is 0.338 e. The van der Waals surface area contributed by atoms with E-state index in [1.54, 1.807) is 68.1 Å². The monoisotopic (exact) mass is 527 g/mol. The highest BCUT2D eigenvalue weighted by Crippen LogP contribution is 2.33. The van der Waals surface area contributed by atoms with E-state index in [0.29, 0.717) is 34.6 Å². The quantitative estimate of drug-likeness (QED) is 0.425. The number of ether oxygens (including phenoxy) is 1. The molecule has 0 aliphatic carbocycles. The molecule has 0 bridgehead atoms. The fraction of sp³-hybridized carbons (Fsp3) is 0.346. The standard InChI is InChI=1S/C26H30BrN3O4/c1-5-6-14-30-17(4)22(25(32)34-16(2)3)23(29-26(30)33)19-8-7-9-21(15-19)28-24(31)18-10-12-20(27)13-11-18/h7-13,15-16,23H,5-6,14H2,1-4H3,(H,28,31)(H,29,33). The number of anilines is 1. The minimum atomic E-state index is -0.693. The van der Waals surface area contributed by atoms with Gasteiger partial charge in [0.05, 0.1) is 17.7 Å². The van der Waals surface area contributed by atoms with Gasteiger partial charge in [0.2, 0.25) is 0 Å². The van der Waals surface area contributed by atoms with Crippen LogP contribution in [0.15, 0.2) is 64.3 Å². The molecule has 0 radical (unpaired) electrons. The lowest BCUT2D eigenvalue weighted by atomic mass is 9.94. The lowest BCUT2D eigenvalue weighted by Gasteiger charge is -2.35. The summed E-state index contributed by atoms with van der Waals surface area (Å²) < 4.78 is 6.40. The predicted molar refractivity (Wildman–Crippen MR) is 135 cm³/mol. The Morgan fingerprint density at radius 2 is 1.88 bits per heavy atom. The van der Waals surface area contributed by atoms with E-state index in [0.717, 1.165) is 17.3 Å². The van der Waals surface area contributed by atoms with Gasteiger partial charge in [0.15, 0.2) is 0 Å². The second-order valence-electron chi connectivity index (χ2n) is 8.43. The van der Waals surface area contributed by atoms with Crippen LogP contribution in [0.5, 0.6) is 0 Å². The molecule has 1 atom stereocenters. The minimum Gasteiger partial charge on any atom is -0.459 e. The Hall–Kier alpha value is -3.13. The van der Waals surface area contributed by atoms with Gasteiger partial charge < -0.3 is 15.4 Å². The van der Waals surface area contributed by atoms with Crippen molar-refractivity contribution >= 4 is 39.5 Å². The van der Waals surface area contributed by atoms with Crippen LogP contribution in [-0.2, 0) is 9.53 Å². The third-order valence-corrected chi connectivity index (χ3v) is 6.01. The molecule has 0 fully saturated rings. The molecule has 0 saturated carbocycles. The molecule has 1 aliphatic heterocycles. The largest absolute Gasteiger partial charge is 0.459 e. The molecule has 0 saturated heterocycles. The number of carbonyl (C=O) groups is 3. The van der Waals surface area contributed by atoms with E-state index in [1.165, 1.54) is 0 Å². The summed E-state index contributed by atoms with van der Waals surface area (Å²) in [7, 11) is 0. The first-order chi connectivity index (χ1) is 16.2. The number of esters is 1. The third-order valence-electron chi connectivity index (χ3n) is 5.48. The summed E-state index contributed by atoms with van der Waals surface area (Å²) in [5.74, 6) is -0.725. The number of hydrogen-bond acceptors (Lipinski definition) is 4. The predicted octanol–water partition coefficient (Wildman–Crippen LogP) is 5.79. The van der Waals surface area contributed by atoms with Crippen LogP contribution < -0.4 is 10.6 Å². The molecule has 180 valence electrons. The lowest BCUT2D eigenvalue weighted by molar-refractivity contribution is -0.143. The maximum absolute atomic E-state index is 13.1. The van der Waals surface area contributed by atoms with Crippen LogP contribution in [-0.4, -0.2) is 35.5 Å². The summed E-state index contributed by atoms with van der Waals surface area (Å²) in [6.07, 6.45) is 1.44. The first-order valence-corrected chi connectivity index (χ1v) is 12.2. The summed E-state index contributed by atoms with van der Waals surface area (Å²) in [6, 6.07) is 13.2. The van der Waals surface area contributed by atoms with Gasteiger partial charge in [0, 0.05) is 28.0 Å². The van der Waals surface area contributed by atoms with Gasteiger partial charge >= 0.3 is 12.0 Å². The zero-order chi connectivity index (χ0) is 24.8. The van der Waals surface area contributed by atoms with E-state index in [9.17, 15) is 14.4 Å². The number of carbonyl (C=O) groups excluding carboxylic acids is 3. The van der Waals surface area contributed by atoms with Gasteiger partial charge in [-0.25, -0.2) is 9.59 Å². The van der Waals surface area contributed by atoms with E-state index in [1.807, 2.05) is 13.0 Å². The molecule has 1 aliphatic rings. The van der Waals surface area contributed by atoms with Gasteiger partial charge in [0.25, 0.3) is 5.91 Å². The van der Waals surface area contributed by atoms with Crippen molar-refractivity contribution in [1.82, 2.24) is 10.2 Å². The minimum absolute atomic E-state index is 0.255. The average molecular weight is 528 g/mol. The van der Waals surface area contributed by atoms with E-state index in [-0.39, 0.29) is 18.0 Å². The van der Waals surface area contributed by atoms with E-state index in [4.69, 9.17) is 4.74 Å². The van der Waals surface area contributed by atoms with Gasteiger partial charge in [-0.1, -0.05) is 41.4 Å². The second-order valence-corrected chi connectivity index (χ2v) is 9.34. The van der Waals surface area contributed by atoms with Gasteiger partial charge in [-0.2, -0.15) is 0 Å². The van der Waals surface area contributed by atoms with E-state index < -0.39 is 12.0 Å². The van der Waals surface area contributed by atoms with Gasteiger partial charge in [-0.15, -0.1) is 0 Å². The molecule has 1 unspecified atom stereocenters. The number of amides is 3. The number of halogens is 1. The van der Waals surface area contributed by atoms with Crippen molar-refractivity contribution in [3.8, 4) is 0 Å². The van der Waals surface area contributed by atoms with Crippen LogP contribution in [0.4, 0.5) is 10.5 Å². The first kappa shape index (κ1) is 25.5. The van der Waals surface area contributed by atoms with E-state index in [2.05, 4.69) is 26.6 Å². The fourth-order valence-corrected chi connectivity index (χ4v) is 4.02. The molecular formula is C26H30BrN3O4. The molecular weight excluding hydrogens is 498 g/mol. The summed E-state index contributed by atoms with van der Waals surface area (Å²) in [4.78, 5) is 40.2. The normalized spacial score (nSPS) is 15.9. The number of benzene rings is 2. The maximum atomic E-state index is 13.1. The number of nitrogens with one attached hydrogen (secondary N) is 2. The fourth-order valence-electron chi connectivity index (χ4n) is 3.76. The van der Waals surface area contributed by atoms with Crippen LogP contribution in [0.3, 0.4) is 0 Å². The van der Waals surface area contributed by atoms with Crippen molar-refractivity contribution in [2.75, 3.05) is 11.9 Å². The topological polar surface area (TPSA) is 87.7 Å². The van der Waals surface area contributed by atoms with Crippen LogP contribution in [0.1, 0.15) is 62.5 Å². The first-order valence-electron chi connectivity index (χ1n) is 11.4. The highest BCUT2D eigenvalue weighted by Gasteiger charge is 2.36. The Kier molecular flexibility index (Phi) is 8.50. The molecule has 0 aromatic heterocycles. The molecule has 0 spiro atoms. The van der Waals surface area contributed by atoms with Crippen molar-refractivity contribution in [2.45, 2.75) is 52.7 Å². The molecule has 34 heavy (non-hydrogen) atoms. The van der Waals surface area contributed by atoms with E-state index >= 15 is 0 Å². The van der Waals surface area contributed by atoms with Crippen LogP contribution >= 0.6 is 15.9 Å². The SMILES string of the molecule is CCCCN1C(=O)NC(c2cccc(NC(=O)c3ccc(Br)cc3)c2)C(C(=O)OC(C)C)=C1C. The summed E-state index contributed by atoms with van der Waals surface area (Å²) in [5, 5.41) is 5.84. The summed E-state index contributed by atoms with van der Waals surface area (Å²) in [5.41, 5.74) is 2.72. The highest BCUT2D eigenvalue weighted by atomic mass is 79.9. The third kappa shape index (κ3) is 6.05. The zero-order valence-corrected chi connectivity index (χ0v) is 21.4. The second kappa shape index (κ2) is 11.3. The Balaban J connectivity index is 1.93. The van der Waals surface area contributed by atoms with Crippen molar-refractivity contribution in [1.29, 1.82) is 0 Å². The lowest BCUT2D eigenvalue weighted by Crippen LogP contribution is -2.48. The molecule has 2 N–H and O–H groups in total. The zero-order valence-electron chi connectivity index (χ0n) is 19.9. The number of unbranched alkanes of at least 4 members (excludes halogenated alkanes) is 1. The van der Waals surface area contributed by atoms with Crippen molar-refractivity contribution in [3.63, 3.8) is 0 Å². The molecule has 7 nitrogen and oxygen atoms in total. The van der Waals surface area contributed by atoms with Crippen LogP contribution in [0, 0.1) is 0 Å². The maximum Gasteiger partial charge on any atom is 0.338 e.